The summed E-state index contributed by atoms with van der Waals surface area (Å²) in [6, 6.07) is 1.88. The van der Waals surface area contributed by atoms with E-state index in [0.717, 1.165) is 0 Å². The largest absolute Gasteiger partial charge is 0.382 e. The number of nitriles is 1. The molecule has 0 bridgehead atoms. The van der Waals surface area contributed by atoms with Gasteiger partial charge in [0.05, 0.1) is 11.9 Å². The van der Waals surface area contributed by atoms with Gasteiger partial charge in [-0.25, -0.2) is 4.98 Å². The van der Waals surface area contributed by atoms with Gasteiger partial charge in [0.1, 0.15) is 23.0 Å². The quantitative estimate of drug-likeness (QED) is 0.670. The van der Waals surface area contributed by atoms with E-state index in [1.807, 2.05) is 6.07 Å². The molecule has 80 valence electrons. The van der Waals surface area contributed by atoms with Crippen LogP contribution >= 0.6 is 0 Å². The molecule has 0 saturated heterocycles. The van der Waals surface area contributed by atoms with Gasteiger partial charge in [-0.2, -0.15) is 14.9 Å². The summed E-state index contributed by atoms with van der Waals surface area (Å²) in [5, 5.41) is 12.8. The van der Waals surface area contributed by atoms with E-state index in [9.17, 15) is 4.79 Å². The number of rotatable bonds is 1. The van der Waals surface area contributed by atoms with Gasteiger partial charge in [-0.1, -0.05) is 0 Å². The second kappa shape index (κ2) is 3.20. The number of nitrogens with zero attached hydrogens (tertiary/aromatic N) is 4. The van der Waals surface area contributed by atoms with E-state index in [-0.39, 0.29) is 22.6 Å². The van der Waals surface area contributed by atoms with Crippen molar-refractivity contribution < 1.29 is 4.79 Å². The highest BCUT2D eigenvalue weighted by Crippen LogP contribution is 2.17. The first-order valence-corrected chi connectivity index (χ1v) is 4.40. The highest BCUT2D eigenvalue weighted by Gasteiger charge is 2.18. The number of nitrogen functional groups attached to an aromatic ring is 1. The molecule has 0 spiro atoms. The average molecular weight is 216 g/mol. The lowest BCUT2D eigenvalue weighted by Crippen LogP contribution is -2.12. The van der Waals surface area contributed by atoms with Crippen molar-refractivity contribution >= 4 is 17.4 Å². The number of hydrogen-bond acceptors (Lipinski definition) is 5. The molecule has 0 radical (unpaired) electrons. The first-order valence-electron chi connectivity index (χ1n) is 4.40. The Morgan fingerprint density at radius 1 is 1.62 bits per heavy atom. The molecule has 0 atom stereocenters. The predicted molar refractivity (Wildman–Crippen MR) is 55.4 cm³/mol. The summed E-state index contributed by atoms with van der Waals surface area (Å²) in [5.74, 6) is -0.479. The van der Waals surface area contributed by atoms with Crippen molar-refractivity contribution in [3.8, 4) is 6.07 Å². The lowest BCUT2D eigenvalue weighted by atomic mass is 10.2. The van der Waals surface area contributed by atoms with Gasteiger partial charge in [-0.3, -0.25) is 4.79 Å². The minimum absolute atomic E-state index is 0.142. The minimum atomic E-state index is -0.621. The van der Waals surface area contributed by atoms with Crippen LogP contribution in [0.5, 0.6) is 0 Å². The van der Waals surface area contributed by atoms with E-state index in [1.165, 1.54) is 10.7 Å². The molecule has 2 rings (SSSR count). The van der Waals surface area contributed by atoms with Gasteiger partial charge in [0.25, 0.3) is 5.91 Å². The predicted octanol–water partition coefficient (Wildman–Crippen LogP) is -0.410. The van der Waals surface area contributed by atoms with Crippen LogP contribution in [0.1, 0.15) is 21.6 Å². The molecule has 1 amide bonds. The molecule has 4 N–H and O–H groups in total. The number of fused-ring (bicyclic) bond motifs is 1. The van der Waals surface area contributed by atoms with Crippen molar-refractivity contribution in [1.29, 1.82) is 5.26 Å². The second-order valence-electron chi connectivity index (χ2n) is 3.23. The van der Waals surface area contributed by atoms with Crippen molar-refractivity contribution in [3.63, 3.8) is 0 Å². The Kier molecular flexibility index (Phi) is 1.98. The third-order valence-electron chi connectivity index (χ3n) is 2.22. The highest BCUT2D eigenvalue weighted by molar-refractivity contribution is 6.00. The zero-order valence-corrected chi connectivity index (χ0v) is 8.43. The van der Waals surface area contributed by atoms with Crippen molar-refractivity contribution in [1.82, 2.24) is 14.6 Å². The van der Waals surface area contributed by atoms with Crippen LogP contribution < -0.4 is 11.5 Å². The van der Waals surface area contributed by atoms with Crippen molar-refractivity contribution in [2.45, 2.75) is 6.92 Å². The summed E-state index contributed by atoms with van der Waals surface area (Å²) in [6.45, 7) is 1.63. The van der Waals surface area contributed by atoms with Crippen LogP contribution in [0.3, 0.4) is 0 Å². The lowest BCUT2D eigenvalue weighted by Gasteiger charge is -1.99. The molecule has 0 aliphatic carbocycles. The Morgan fingerprint density at radius 3 is 2.88 bits per heavy atom. The standard InChI is InChI=1S/C9H8N6O/c1-4-6(8(12)16)9-13-3-5(2-10)7(11)15(9)14-4/h3H,11H2,1H3,(H2,12,16). The number of primary amides is 1. The molecule has 2 aromatic heterocycles. The van der Waals surface area contributed by atoms with Crippen LogP contribution in [0.25, 0.3) is 5.65 Å². The molecular formula is C9H8N6O. The third-order valence-corrected chi connectivity index (χ3v) is 2.22. The summed E-state index contributed by atoms with van der Waals surface area (Å²) >= 11 is 0. The molecule has 16 heavy (non-hydrogen) atoms. The molecule has 2 aromatic rings. The van der Waals surface area contributed by atoms with E-state index in [0.29, 0.717) is 5.69 Å². The van der Waals surface area contributed by atoms with Gasteiger partial charge < -0.3 is 11.5 Å². The van der Waals surface area contributed by atoms with Crippen molar-refractivity contribution in [3.05, 3.63) is 23.0 Å². The van der Waals surface area contributed by atoms with Crippen LogP contribution in [-0.2, 0) is 0 Å². The maximum absolute atomic E-state index is 11.2. The molecule has 2 heterocycles. The zero-order chi connectivity index (χ0) is 11.9. The van der Waals surface area contributed by atoms with Gasteiger partial charge in [0.2, 0.25) is 0 Å². The molecule has 0 saturated carbocycles. The number of hydrogen-bond donors (Lipinski definition) is 2. The Balaban J connectivity index is 2.91. The molecule has 7 heteroatoms. The number of carbonyl (C=O) groups is 1. The Bertz CT molecular complexity index is 635. The van der Waals surface area contributed by atoms with Gasteiger partial charge in [-0.15, -0.1) is 0 Å². The fourth-order valence-corrected chi connectivity index (χ4v) is 1.48. The Morgan fingerprint density at radius 2 is 2.31 bits per heavy atom. The number of anilines is 1. The first kappa shape index (κ1) is 9.92. The fraction of sp³-hybridized carbons (Fsp3) is 0.111. The lowest BCUT2D eigenvalue weighted by molar-refractivity contribution is 0.100. The highest BCUT2D eigenvalue weighted by atomic mass is 16.1. The maximum atomic E-state index is 11.2. The summed E-state index contributed by atoms with van der Waals surface area (Å²) < 4.78 is 1.24. The number of carbonyl (C=O) groups excluding carboxylic acids is 1. The number of aryl methyl sites for hydroxylation is 1. The van der Waals surface area contributed by atoms with Crippen molar-refractivity contribution in [2.75, 3.05) is 5.73 Å². The molecule has 0 unspecified atom stereocenters. The number of nitrogens with two attached hydrogens (primary N) is 2. The monoisotopic (exact) mass is 216 g/mol. The average Bonchev–Trinajstić information content (AvgIpc) is 2.56. The van der Waals surface area contributed by atoms with Crippen molar-refractivity contribution in [2.24, 2.45) is 5.73 Å². The van der Waals surface area contributed by atoms with E-state index in [1.54, 1.807) is 6.92 Å². The summed E-state index contributed by atoms with van der Waals surface area (Å²) in [7, 11) is 0. The molecule has 0 aliphatic rings. The van der Waals surface area contributed by atoms with Gasteiger partial charge in [0, 0.05) is 0 Å². The number of aromatic nitrogens is 3. The smallest absolute Gasteiger partial charge is 0.254 e. The van der Waals surface area contributed by atoms with Gasteiger partial charge in [0.15, 0.2) is 5.65 Å². The third kappa shape index (κ3) is 1.17. The minimum Gasteiger partial charge on any atom is -0.382 e. The van der Waals surface area contributed by atoms with Gasteiger partial charge in [-0.05, 0) is 6.92 Å². The van der Waals surface area contributed by atoms with E-state index in [4.69, 9.17) is 16.7 Å². The molecular weight excluding hydrogens is 208 g/mol. The second-order valence-corrected chi connectivity index (χ2v) is 3.23. The number of amides is 1. The molecule has 0 fully saturated rings. The fourth-order valence-electron chi connectivity index (χ4n) is 1.48. The molecule has 7 nitrogen and oxygen atoms in total. The van der Waals surface area contributed by atoms with Crippen LogP contribution in [0, 0.1) is 18.3 Å². The van der Waals surface area contributed by atoms with E-state index < -0.39 is 5.91 Å². The topological polar surface area (TPSA) is 123 Å². The van der Waals surface area contributed by atoms with E-state index in [2.05, 4.69) is 10.1 Å². The maximum Gasteiger partial charge on any atom is 0.254 e. The summed E-state index contributed by atoms with van der Waals surface area (Å²) in [5.41, 5.74) is 12.0. The van der Waals surface area contributed by atoms with Crippen LogP contribution in [-0.4, -0.2) is 20.5 Å². The summed E-state index contributed by atoms with van der Waals surface area (Å²) in [6.07, 6.45) is 1.29. The van der Waals surface area contributed by atoms with Crippen LogP contribution in [0.2, 0.25) is 0 Å². The zero-order valence-electron chi connectivity index (χ0n) is 8.43. The SMILES string of the molecule is Cc1nn2c(N)c(C#N)cnc2c1C(N)=O. The normalized spacial score (nSPS) is 10.2. The Labute approximate surface area is 90.3 Å². The van der Waals surface area contributed by atoms with E-state index >= 15 is 0 Å². The van der Waals surface area contributed by atoms with Crippen LogP contribution in [0.4, 0.5) is 5.82 Å². The van der Waals surface area contributed by atoms with Crippen LogP contribution in [0.15, 0.2) is 6.20 Å². The molecule has 0 aliphatic heterocycles. The first-order chi connectivity index (χ1) is 7.56. The molecule has 0 aromatic carbocycles. The Hall–Kier alpha value is -2.62. The summed E-state index contributed by atoms with van der Waals surface area (Å²) in [4.78, 5) is 15.1. The van der Waals surface area contributed by atoms with Gasteiger partial charge >= 0.3 is 0 Å².